The van der Waals surface area contributed by atoms with E-state index < -0.39 is 5.60 Å². The van der Waals surface area contributed by atoms with Gasteiger partial charge in [-0.15, -0.1) is 0 Å². The molecule has 4 heteroatoms. The summed E-state index contributed by atoms with van der Waals surface area (Å²) in [6.07, 6.45) is 0.495. The Hall–Kier alpha value is -0.280. The van der Waals surface area contributed by atoms with E-state index in [1.165, 1.54) is 0 Å². The van der Waals surface area contributed by atoms with Gasteiger partial charge in [-0.3, -0.25) is 0 Å². The minimum absolute atomic E-state index is 0.0944. The van der Waals surface area contributed by atoms with Crippen LogP contribution >= 0.6 is 23.2 Å². The molecule has 2 nitrogen and oxygen atoms in total. The minimum atomic E-state index is -0.883. The Labute approximate surface area is 113 Å². The van der Waals surface area contributed by atoms with E-state index in [-0.39, 0.29) is 5.92 Å². The lowest BCUT2D eigenvalue weighted by atomic mass is 9.85. The Bertz CT molecular complexity index is 380. The van der Waals surface area contributed by atoms with E-state index in [1.807, 2.05) is 19.9 Å². The Morgan fingerprint density at radius 3 is 2.41 bits per heavy atom. The Morgan fingerprint density at radius 1 is 1.29 bits per heavy atom. The van der Waals surface area contributed by atoms with Crippen LogP contribution in [0, 0.1) is 5.92 Å². The van der Waals surface area contributed by atoms with E-state index in [4.69, 9.17) is 27.9 Å². The van der Waals surface area contributed by atoms with Gasteiger partial charge in [-0.25, -0.2) is 0 Å². The van der Waals surface area contributed by atoms with Crippen molar-refractivity contribution in [3.8, 4) is 0 Å². The fourth-order valence-electron chi connectivity index (χ4n) is 1.67. The van der Waals surface area contributed by atoms with Crippen LogP contribution in [0.3, 0.4) is 0 Å². The summed E-state index contributed by atoms with van der Waals surface area (Å²) >= 11 is 11.8. The van der Waals surface area contributed by atoms with Crippen molar-refractivity contribution in [1.29, 1.82) is 0 Å². The van der Waals surface area contributed by atoms with Gasteiger partial charge >= 0.3 is 0 Å². The third kappa shape index (κ3) is 3.85. The molecular formula is C13H18Cl2O2. The van der Waals surface area contributed by atoms with Crippen LogP contribution in [0.2, 0.25) is 10.0 Å². The predicted octanol–water partition coefficient (Wildman–Crippen LogP) is 3.57. The molecule has 0 aliphatic rings. The number of hydrogen-bond acceptors (Lipinski definition) is 2. The molecule has 1 N–H and O–H groups in total. The van der Waals surface area contributed by atoms with Gasteiger partial charge in [0.25, 0.3) is 0 Å². The zero-order chi connectivity index (χ0) is 13.1. The molecule has 1 aromatic rings. The molecule has 1 atom stereocenters. The van der Waals surface area contributed by atoms with Gasteiger partial charge in [0.2, 0.25) is 0 Å². The number of ether oxygens (including phenoxy) is 1. The summed E-state index contributed by atoms with van der Waals surface area (Å²) in [5.41, 5.74) is 0.0685. The molecule has 0 saturated heterocycles. The number of rotatable bonds is 5. The molecular weight excluding hydrogens is 259 g/mol. The maximum Gasteiger partial charge on any atom is 0.0942 e. The number of aliphatic hydroxyl groups is 1. The first-order valence-electron chi connectivity index (χ1n) is 5.54. The smallest absolute Gasteiger partial charge is 0.0942 e. The highest BCUT2D eigenvalue weighted by Gasteiger charge is 2.31. The third-order valence-electron chi connectivity index (χ3n) is 2.96. The zero-order valence-corrected chi connectivity index (χ0v) is 11.8. The maximum atomic E-state index is 10.5. The van der Waals surface area contributed by atoms with Gasteiger partial charge in [0.05, 0.1) is 22.3 Å². The third-order valence-corrected chi connectivity index (χ3v) is 3.70. The van der Waals surface area contributed by atoms with E-state index in [0.717, 1.165) is 5.56 Å². The van der Waals surface area contributed by atoms with Crippen molar-refractivity contribution in [2.24, 2.45) is 5.92 Å². The van der Waals surface area contributed by atoms with Gasteiger partial charge in [-0.1, -0.05) is 43.1 Å². The first kappa shape index (κ1) is 14.8. The Balaban J connectivity index is 2.90. The molecule has 0 radical (unpaired) electrons. The molecule has 0 aromatic heterocycles. The van der Waals surface area contributed by atoms with Crippen LogP contribution in [0.1, 0.15) is 19.4 Å². The number of benzene rings is 1. The maximum absolute atomic E-state index is 10.5. The molecule has 0 saturated carbocycles. The summed E-state index contributed by atoms with van der Waals surface area (Å²) in [5.74, 6) is 0.0944. The van der Waals surface area contributed by atoms with Crippen molar-refractivity contribution in [1.82, 2.24) is 0 Å². The van der Waals surface area contributed by atoms with Crippen LogP contribution in [0.15, 0.2) is 18.2 Å². The molecule has 0 amide bonds. The molecule has 0 fully saturated rings. The first-order valence-corrected chi connectivity index (χ1v) is 6.30. The average molecular weight is 277 g/mol. The van der Waals surface area contributed by atoms with Gasteiger partial charge in [-0.05, 0) is 23.6 Å². The van der Waals surface area contributed by atoms with E-state index in [1.54, 1.807) is 19.2 Å². The zero-order valence-electron chi connectivity index (χ0n) is 10.3. The molecule has 1 unspecified atom stereocenters. The van der Waals surface area contributed by atoms with Crippen molar-refractivity contribution in [2.45, 2.75) is 25.9 Å². The van der Waals surface area contributed by atoms with Crippen molar-refractivity contribution >= 4 is 23.2 Å². The van der Waals surface area contributed by atoms with Crippen LogP contribution in [0.4, 0.5) is 0 Å². The quantitative estimate of drug-likeness (QED) is 0.891. The summed E-state index contributed by atoms with van der Waals surface area (Å²) < 4.78 is 5.09. The predicted molar refractivity (Wildman–Crippen MR) is 71.8 cm³/mol. The lowest BCUT2D eigenvalue weighted by Crippen LogP contribution is -2.42. The van der Waals surface area contributed by atoms with Crippen LogP contribution in [-0.2, 0) is 11.2 Å². The molecule has 0 aliphatic heterocycles. The molecule has 17 heavy (non-hydrogen) atoms. The second-order valence-corrected chi connectivity index (χ2v) is 5.43. The molecule has 0 bridgehead atoms. The molecule has 96 valence electrons. The number of halogens is 2. The van der Waals surface area contributed by atoms with Crippen molar-refractivity contribution in [2.75, 3.05) is 13.7 Å². The standard InChI is InChI=1S/C13H18Cl2O2/c1-9(2)13(16,8-17-3)7-10-4-5-11(14)12(15)6-10/h4-6,9,16H,7-8H2,1-3H3. The monoisotopic (exact) mass is 276 g/mol. The normalized spacial score (nSPS) is 15.0. The van der Waals surface area contributed by atoms with Gasteiger partial charge in [-0.2, -0.15) is 0 Å². The Kier molecular flexibility index (Phi) is 5.26. The second-order valence-electron chi connectivity index (χ2n) is 4.62. The van der Waals surface area contributed by atoms with Crippen LogP contribution < -0.4 is 0 Å². The molecule has 0 aliphatic carbocycles. The average Bonchev–Trinajstić information content (AvgIpc) is 2.23. The lowest BCUT2D eigenvalue weighted by molar-refractivity contribution is -0.0637. The van der Waals surface area contributed by atoms with Crippen LogP contribution in [-0.4, -0.2) is 24.4 Å². The second kappa shape index (κ2) is 6.05. The summed E-state index contributed by atoms with van der Waals surface area (Å²) in [6.45, 7) is 4.23. The fraction of sp³-hybridized carbons (Fsp3) is 0.538. The molecule has 0 spiro atoms. The highest BCUT2D eigenvalue weighted by Crippen LogP contribution is 2.27. The number of hydrogen-bond donors (Lipinski definition) is 1. The van der Waals surface area contributed by atoms with E-state index >= 15 is 0 Å². The summed E-state index contributed by atoms with van der Waals surface area (Å²) in [5, 5.41) is 11.5. The lowest BCUT2D eigenvalue weighted by Gasteiger charge is -2.31. The van der Waals surface area contributed by atoms with E-state index in [2.05, 4.69) is 0 Å². The van der Waals surface area contributed by atoms with E-state index in [9.17, 15) is 5.11 Å². The van der Waals surface area contributed by atoms with Crippen molar-refractivity contribution in [3.63, 3.8) is 0 Å². The summed E-state index contributed by atoms with van der Waals surface area (Å²) in [4.78, 5) is 0. The van der Waals surface area contributed by atoms with Crippen molar-refractivity contribution in [3.05, 3.63) is 33.8 Å². The Morgan fingerprint density at radius 2 is 1.94 bits per heavy atom. The van der Waals surface area contributed by atoms with Crippen LogP contribution in [0.5, 0.6) is 0 Å². The molecule has 1 aromatic carbocycles. The summed E-state index contributed by atoms with van der Waals surface area (Å²) in [6, 6.07) is 5.40. The van der Waals surface area contributed by atoms with Gasteiger partial charge in [0.15, 0.2) is 0 Å². The van der Waals surface area contributed by atoms with Crippen molar-refractivity contribution < 1.29 is 9.84 Å². The van der Waals surface area contributed by atoms with Gasteiger partial charge in [0.1, 0.15) is 0 Å². The highest BCUT2D eigenvalue weighted by atomic mass is 35.5. The van der Waals surface area contributed by atoms with Gasteiger partial charge < -0.3 is 9.84 Å². The van der Waals surface area contributed by atoms with Gasteiger partial charge in [0, 0.05) is 13.5 Å². The van der Waals surface area contributed by atoms with E-state index in [0.29, 0.717) is 23.1 Å². The molecule has 0 heterocycles. The largest absolute Gasteiger partial charge is 0.387 e. The summed E-state index contributed by atoms with van der Waals surface area (Å²) in [7, 11) is 1.59. The highest BCUT2D eigenvalue weighted by molar-refractivity contribution is 6.42. The number of methoxy groups -OCH3 is 1. The van der Waals surface area contributed by atoms with Crippen LogP contribution in [0.25, 0.3) is 0 Å². The SMILES string of the molecule is COCC(O)(Cc1ccc(Cl)c(Cl)c1)C(C)C. The fourth-order valence-corrected chi connectivity index (χ4v) is 2.00. The molecule has 1 rings (SSSR count). The first-order chi connectivity index (χ1) is 7.89. The topological polar surface area (TPSA) is 29.5 Å². The minimum Gasteiger partial charge on any atom is -0.387 e.